The number of rotatable bonds is 5. The number of esters is 1. The Bertz CT molecular complexity index is 840. The average molecular weight is 325 g/mol. The number of nitrogens with zero attached hydrogens (tertiary/aromatic N) is 3. The molecule has 0 bridgehead atoms. The summed E-state index contributed by atoms with van der Waals surface area (Å²) in [7, 11) is 0. The highest BCUT2D eigenvalue weighted by atomic mass is 16.6. The molecule has 0 unspecified atom stereocenters. The van der Waals surface area contributed by atoms with Crippen LogP contribution in [-0.4, -0.2) is 22.5 Å². The lowest BCUT2D eigenvalue weighted by Crippen LogP contribution is -2.11. The Hall–Kier alpha value is -3.27. The maximum Gasteiger partial charge on any atom is 0.340 e. The summed E-state index contributed by atoms with van der Waals surface area (Å²) in [5.74, 6) is -0.600. The van der Waals surface area contributed by atoms with Gasteiger partial charge in [0.15, 0.2) is 0 Å². The van der Waals surface area contributed by atoms with E-state index in [9.17, 15) is 14.9 Å². The van der Waals surface area contributed by atoms with Crippen LogP contribution in [0.15, 0.2) is 30.3 Å². The molecule has 24 heavy (non-hydrogen) atoms. The van der Waals surface area contributed by atoms with Gasteiger partial charge in [0.1, 0.15) is 6.61 Å². The number of ether oxygens (including phenoxy) is 1. The first-order valence-corrected chi connectivity index (χ1v) is 7.21. The van der Waals surface area contributed by atoms with Crippen molar-refractivity contribution in [2.45, 2.75) is 20.3 Å². The average Bonchev–Trinajstić information content (AvgIpc) is 2.54. The summed E-state index contributed by atoms with van der Waals surface area (Å²) >= 11 is 0. The summed E-state index contributed by atoms with van der Waals surface area (Å²) in [6, 6.07) is 9.62. The van der Waals surface area contributed by atoms with Crippen molar-refractivity contribution in [2.24, 2.45) is 0 Å². The summed E-state index contributed by atoms with van der Waals surface area (Å²) in [6.45, 7) is 3.43. The SMILES string of the molecule is Cc1cc(-c2cccc([N+](=O)[O-])c2)c(C(=O)OCCC#N)c(C)n1. The van der Waals surface area contributed by atoms with Gasteiger partial charge in [-0.25, -0.2) is 4.79 Å². The molecule has 1 aromatic heterocycles. The molecule has 0 atom stereocenters. The fourth-order valence-electron chi connectivity index (χ4n) is 2.36. The lowest BCUT2D eigenvalue weighted by atomic mass is 9.98. The van der Waals surface area contributed by atoms with Crippen LogP contribution >= 0.6 is 0 Å². The van der Waals surface area contributed by atoms with E-state index < -0.39 is 10.9 Å². The molecule has 0 aliphatic carbocycles. The van der Waals surface area contributed by atoms with E-state index in [0.717, 1.165) is 0 Å². The zero-order valence-electron chi connectivity index (χ0n) is 13.3. The lowest BCUT2D eigenvalue weighted by molar-refractivity contribution is -0.384. The minimum absolute atomic E-state index is 0.0168. The molecule has 2 aromatic rings. The van der Waals surface area contributed by atoms with Crippen LogP contribution in [0.3, 0.4) is 0 Å². The normalized spacial score (nSPS) is 10.0. The first-order valence-electron chi connectivity index (χ1n) is 7.21. The molecule has 7 nitrogen and oxygen atoms in total. The minimum atomic E-state index is -0.600. The van der Waals surface area contributed by atoms with Gasteiger partial charge < -0.3 is 4.74 Å². The second-order valence-electron chi connectivity index (χ2n) is 5.12. The number of pyridine rings is 1. The molecular weight excluding hydrogens is 310 g/mol. The van der Waals surface area contributed by atoms with E-state index in [1.807, 2.05) is 6.07 Å². The number of hydrogen-bond donors (Lipinski definition) is 0. The van der Waals surface area contributed by atoms with Gasteiger partial charge >= 0.3 is 5.97 Å². The highest BCUT2D eigenvalue weighted by Gasteiger charge is 2.20. The number of nitro benzene ring substituents is 1. The zero-order chi connectivity index (χ0) is 17.7. The lowest BCUT2D eigenvalue weighted by Gasteiger charge is -2.13. The van der Waals surface area contributed by atoms with Crippen molar-refractivity contribution >= 4 is 11.7 Å². The summed E-state index contributed by atoms with van der Waals surface area (Å²) < 4.78 is 5.09. The van der Waals surface area contributed by atoms with E-state index in [1.165, 1.54) is 12.1 Å². The number of hydrogen-bond acceptors (Lipinski definition) is 6. The molecular formula is C17H15N3O4. The maximum absolute atomic E-state index is 12.4. The molecule has 7 heteroatoms. The standard InChI is InChI=1S/C17H15N3O4/c1-11-9-15(13-5-3-6-14(10-13)20(22)23)16(12(2)19-11)17(21)24-8-4-7-18/h3,5-6,9-10H,4,8H2,1-2H3. The van der Waals surface area contributed by atoms with Gasteiger partial charge in [-0.1, -0.05) is 12.1 Å². The highest BCUT2D eigenvalue weighted by Crippen LogP contribution is 2.29. The van der Waals surface area contributed by atoms with E-state index >= 15 is 0 Å². The van der Waals surface area contributed by atoms with Crippen molar-refractivity contribution in [3.8, 4) is 17.2 Å². The Morgan fingerprint density at radius 1 is 1.38 bits per heavy atom. The molecule has 0 amide bonds. The molecule has 0 saturated carbocycles. The smallest absolute Gasteiger partial charge is 0.340 e. The first kappa shape index (κ1) is 17.1. The number of benzene rings is 1. The van der Waals surface area contributed by atoms with Gasteiger partial charge in [0, 0.05) is 23.4 Å². The van der Waals surface area contributed by atoms with Crippen LogP contribution in [0.5, 0.6) is 0 Å². The quantitative estimate of drug-likeness (QED) is 0.361. The third-order valence-corrected chi connectivity index (χ3v) is 3.35. The van der Waals surface area contributed by atoms with Crippen LogP contribution in [0.25, 0.3) is 11.1 Å². The fraction of sp³-hybridized carbons (Fsp3) is 0.235. The van der Waals surface area contributed by atoms with Gasteiger partial charge in [-0.2, -0.15) is 5.26 Å². The van der Waals surface area contributed by atoms with E-state index in [2.05, 4.69) is 4.98 Å². The largest absolute Gasteiger partial charge is 0.461 e. The van der Waals surface area contributed by atoms with Crippen molar-refractivity contribution in [3.05, 3.63) is 57.4 Å². The Labute approximate surface area is 138 Å². The molecule has 0 spiro atoms. The van der Waals surface area contributed by atoms with Gasteiger partial charge in [-0.15, -0.1) is 0 Å². The number of carbonyl (C=O) groups is 1. The molecule has 0 saturated heterocycles. The van der Waals surface area contributed by atoms with Crippen molar-refractivity contribution in [2.75, 3.05) is 6.61 Å². The summed E-state index contributed by atoms with van der Waals surface area (Å²) in [6.07, 6.45) is 0.0935. The second kappa shape index (κ2) is 7.33. The van der Waals surface area contributed by atoms with Crippen molar-refractivity contribution < 1.29 is 14.5 Å². The summed E-state index contributed by atoms with van der Waals surface area (Å²) in [4.78, 5) is 27.1. The van der Waals surface area contributed by atoms with E-state index in [0.29, 0.717) is 22.5 Å². The van der Waals surface area contributed by atoms with Crippen LogP contribution in [0.1, 0.15) is 28.2 Å². The third kappa shape index (κ3) is 3.73. The molecule has 122 valence electrons. The molecule has 0 fully saturated rings. The molecule has 0 radical (unpaired) electrons. The van der Waals surface area contributed by atoms with Crippen molar-refractivity contribution in [3.63, 3.8) is 0 Å². The molecule has 0 N–H and O–H groups in total. The van der Waals surface area contributed by atoms with Gasteiger partial charge in [-0.3, -0.25) is 15.1 Å². The topological polar surface area (TPSA) is 106 Å². The van der Waals surface area contributed by atoms with Crippen molar-refractivity contribution in [1.82, 2.24) is 4.98 Å². The Morgan fingerprint density at radius 2 is 2.12 bits per heavy atom. The van der Waals surface area contributed by atoms with Crippen molar-refractivity contribution in [1.29, 1.82) is 5.26 Å². The molecule has 2 rings (SSSR count). The molecule has 1 aromatic carbocycles. The molecule has 1 heterocycles. The Balaban J connectivity index is 2.53. The molecule has 0 aliphatic rings. The highest BCUT2D eigenvalue weighted by molar-refractivity contribution is 5.98. The predicted octanol–water partition coefficient (Wildman–Crippen LogP) is 3.34. The van der Waals surface area contributed by atoms with Crippen LogP contribution in [0.4, 0.5) is 5.69 Å². The van der Waals surface area contributed by atoms with E-state index in [-0.39, 0.29) is 24.3 Å². The maximum atomic E-state index is 12.4. The minimum Gasteiger partial charge on any atom is -0.461 e. The Morgan fingerprint density at radius 3 is 2.79 bits per heavy atom. The number of nitro groups is 1. The summed E-state index contributed by atoms with van der Waals surface area (Å²) in [5, 5.41) is 19.5. The van der Waals surface area contributed by atoms with Gasteiger partial charge in [0.05, 0.1) is 28.7 Å². The number of aryl methyl sites for hydroxylation is 2. The second-order valence-corrected chi connectivity index (χ2v) is 5.12. The van der Waals surface area contributed by atoms with Gasteiger partial charge in [0.25, 0.3) is 5.69 Å². The number of nitriles is 1. The number of carbonyl (C=O) groups excluding carboxylic acids is 1. The van der Waals surface area contributed by atoms with Crippen LogP contribution in [0.2, 0.25) is 0 Å². The number of aromatic nitrogens is 1. The van der Waals surface area contributed by atoms with Gasteiger partial charge in [-0.05, 0) is 25.5 Å². The third-order valence-electron chi connectivity index (χ3n) is 3.35. The first-order chi connectivity index (χ1) is 11.4. The predicted molar refractivity (Wildman–Crippen MR) is 86.3 cm³/mol. The van der Waals surface area contributed by atoms with Gasteiger partial charge in [0.2, 0.25) is 0 Å². The van der Waals surface area contributed by atoms with E-state index in [1.54, 1.807) is 32.0 Å². The molecule has 0 aliphatic heterocycles. The number of non-ortho nitro benzene ring substituents is 1. The van der Waals surface area contributed by atoms with Crippen LogP contribution < -0.4 is 0 Å². The Kier molecular flexibility index (Phi) is 5.22. The van der Waals surface area contributed by atoms with Crippen LogP contribution in [0, 0.1) is 35.3 Å². The zero-order valence-corrected chi connectivity index (χ0v) is 13.3. The monoisotopic (exact) mass is 325 g/mol. The summed E-state index contributed by atoms with van der Waals surface area (Å²) in [5.41, 5.74) is 2.39. The van der Waals surface area contributed by atoms with E-state index in [4.69, 9.17) is 10.00 Å². The fourth-order valence-corrected chi connectivity index (χ4v) is 2.36. The van der Waals surface area contributed by atoms with Crippen LogP contribution in [-0.2, 0) is 4.74 Å².